The molecular weight excluding hydrogens is 209 g/mol. The standard InChI is InChI=1S/C6H7F3O3S/c1-3(10)5(13,2-4(11)12)6(7,8)9/h13H,2H2,1H3,(H,11,12). The molecule has 0 bridgehead atoms. The average Bonchev–Trinajstić information content (AvgIpc) is 1.82. The Hall–Kier alpha value is -0.720. The van der Waals surface area contributed by atoms with E-state index in [1.807, 2.05) is 0 Å². The molecule has 1 N–H and O–H groups in total. The molecule has 0 radical (unpaired) electrons. The number of hydrogen-bond donors (Lipinski definition) is 2. The summed E-state index contributed by atoms with van der Waals surface area (Å²) in [5.41, 5.74) is 0. The predicted octanol–water partition coefficient (Wildman–Crippen LogP) is 1.28. The van der Waals surface area contributed by atoms with Crippen LogP contribution in [-0.4, -0.2) is 27.8 Å². The fourth-order valence-electron chi connectivity index (χ4n) is 0.643. The summed E-state index contributed by atoms with van der Waals surface area (Å²) in [7, 11) is 0. The van der Waals surface area contributed by atoms with Crippen LogP contribution in [0.4, 0.5) is 13.2 Å². The van der Waals surface area contributed by atoms with Crippen molar-refractivity contribution in [2.45, 2.75) is 24.3 Å². The van der Waals surface area contributed by atoms with E-state index < -0.39 is 29.1 Å². The van der Waals surface area contributed by atoms with Crippen molar-refractivity contribution in [1.82, 2.24) is 0 Å². The Morgan fingerprint density at radius 3 is 1.85 bits per heavy atom. The van der Waals surface area contributed by atoms with E-state index >= 15 is 0 Å². The Bertz CT molecular complexity index is 238. The Kier molecular flexibility index (Phi) is 3.37. The summed E-state index contributed by atoms with van der Waals surface area (Å²) in [6.07, 6.45) is -6.32. The van der Waals surface area contributed by atoms with Crippen LogP contribution in [-0.2, 0) is 9.59 Å². The van der Waals surface area contributed by atoms with Crippen molar-refractivity contribution in [2.75, 3.05) is 0 Å². The molecule has 1 unspecified atom stereocenters. The maximum Gasteiger partial charge on any atom is 0.410 e. The van der Waals surface area contributed by atoms with Crippen LogP contribution in [0.5, 0.6) is 0 Å². The highest BCUT2D eigenvalue weighted by atomic mass is 32.1. The lowest BCUT2D eigenvalue weighted by Gasteiger charge is -2.26. The Morgan fingerprint density at radius 1 is 1.38 bits per heavy atom. The van der Waals surface area contributed by atoms with E-state index in [0.29, 0.717) is 6.92 Å². The van der Waals surface area contributed by atoms with E-state index in [0.717, 1.165) is 0 Å². The zero-order chi connectivity index (χ0) is 10.9. The molecule has 0 spiro atoms. The first kappa shape index (κ1) is 12.3. The van der Waals surface area contributed by atoms with Crippen molar-refractivity contribution in [3.05, 3.63) is 0 Å². The third-order valence-electron chi connectivity index (χ3n) is 1.46. The van der Waals surface area contributed by atoms with E-state index in [-0.39, 0.29) is 0 Å². The van der Waals surface area contributed by atoms with Crippen LogP contribution in [0.1, 0.15) is 13.3 Å². The molecule has 0 amide bonds. The minimum Gasteiger partial charge on any atom is -0.481 e. The van der Waals surface area contributed by atoms with Gasteiger partial charge in [0.2, 0.25) is 0 Å². The molecule has 0 aliphatic carbocycles. The van der Waals surface area contributed by atoms with Gasteiger partial charge in [0.25, 0.3) is 0 Å². The number of carbonyl (C=O) groups is 2. The highest BCUT2D eigenvalue weighted by Gasteiger charge is 2.57. The fourth-order valence-corrected chi connectivity index (χ4v) is 0.778. The maximum atomic E-state index is 12.2. The van der Waals surface area contributed by atoms with Gasteiger partial charge in [-0.15, -0.1) is 0 Å². The topological polar surface area (TPSA) is 54.4 Å². The number of thiol groups is 1. The largest absolute Gasteiger partial charge is 0.481 e. The van der Waals surface area contributed by atoms with Gasteiger partial charge in [-0.3, -0.25) is 9.59 Å². The minimum atomic E-state index is -4.96. The van der Waals surface area contributed by atoms with Gasteiger partial charge < -0.3 is 5.11 Å². The summed E-state index contributed by atoms with van der Waals surface area (Å²) < 4.78 is 33.4. The summed E-state index contributed by atoms with van der Waals surface area (Å²) in [6.45, 7) is 0.656. The lowest BCUT2D eigenvalue weighted by molar-refractivity contribution is -0.175. The lowest BCUT2D eigenvalue weighted by atomic mass is 9.99. The molecule has 7 heteroatoms. The van der Waals surface area contributed by atoms with E-state index in [2.05, 4.69) is 12.6 Å². The van der Waals surface area contributed by atoms with Gasteiger partial charge in [-0.05, 0) is 6.92 Å². The molecule has 76 valence electrons. The number of alkyl halides is 3. The van der Waals surface area contributed by atoms with E-state index in [1.165, 1.54) is 0 Å². The van der Waals surface area contributed by atoms with Crippen LogP contribution in [0.15, 0.2) is 0 Å². The molecule has 0 aliphatic rings. The van der Waals surface area contributed by atoms with Crippen LogP contribution in [0, 0.1) is 0 Å². The molecule has 0 aromatic rings. The van der Waals surface area contributed by atoms with Gasteiger partial charge >= 0.3 is 12.1 Å². The number of aliphatic carboxylic acids is 1. The Morgan fingerprint density at radius 2 is 1.77 bits per heavy atom. The highest BCUT2D eigenvalue weighted by molar-refractivity contribution is 7.82. The number of carboxylic acid groups (broad SMARTS) is 1. The summed E-state index contributed by atoms with van der Waals surface area (Å²) in [5, 5.41) is 8.16. The molecular formula is C6H7F3O3S. The monoisotopic (exact) mass is 216 g/mol. The van der Waals surface area contributed by atoms with Crippen molar-refractivity contribution in [3.63, 3.8) is 0 Å². The quantitative estimate of drug-likeness (QED) is 0.699. The SMILES string of the molecule is CC(=O)C(S)(CC(=O)O)C(F)(F)F. The summed E-state index contributed by atoms with van der Waals surface area (Å²) >= 11 is 3.08. The van der Waals surface area contributed by atoms with Crippen molar-refractivity contribution < 1.29 is 27.9 Å². The van der Waals surface area contributed by atoms with Crippen molar-refractivity contribution in [1.29, 1.82) is 0 Å². The third-order valence-corrected chi connectivity index (χ3v) is 2.18. The first-order valence-corrected chi connectivity index (χ1v) is 3.58. The number of rotatable bonds is 3. The van der Waals surface area contributed by atoms with Gasteiger partial charge in [0.05, 0.1) is 6.42 Å². The average molecular weight is 216 g/mol. The minimum absolute atomic E-state index is 0.656. The molecule has 0 aromatic carbocycles. The van der Waals surface area contributed by atoms with Crippen molar-refractivity contribution in [3.8, 4) is 0 Å². The number of hydrogen-bond acceptors (Lipinski definition) is 3. The van der Waals surface area contributed by atoms with Crippen molar-refractivity contribution in [2.24, 2.45) is 0 Å². The normalized spacial score (nSPS) is 16.4. The van der Waals surface area contributed by atoms with Crippen LogP contribution in [0.25, 0.3) is 0 Å². The van der Waals surface area contributed by atoms with Crippen LogP contribution >= 0.6 is 12.6 Å². The van der Waals surface area contributed by atoms with Crippen molar-refractivity contribution >= 4 is 24.4 Å². The highest BCUT2D eigenvalue weighted by Crippen LogP contribution is 2.39. The third kappa shape index (κ3) is 2.61. The zero-order valence-corrected chi connectivity index (χ0v) is 7.45. The second-order valence-corrected chi connectivity index (χ2v) is 3.25. The Balaban J connectivity index is 4.96. The van der Waals surface area contributed by atoms with Crippen LogP contribution < -0.4 is 0 Å². The molecule has 1 atom stereocenters. The summed E-state index contributed by atoms with van der Waals surface area (Å²) in [5.74, 6) is -3.05. The van der Waals surface area contributed by atoms with Gasteiger partial charge in [-0.25, -0.2) is 0 Å². The molecule has 0 heterocycles. The molecule has 13 heavy (non-hydrogen) atoms. The van der Waals surface area contributed by atoms with Gasteiger partial charge in [-0.2, -0.15) is 25.8 Å². The Labute approximate surface area is 77.3 Å². The number of ketones is 1. The molecule has 0 saturated carbocycles. The predicted molar refractivity (Wildman–Crippen MR) is 40.7 cm³/mol. The van der Waals surface area contributed by atoms with Gasteiger partial charge in [0, 0.05) is 0 Å². The van der Waals surface area contributed by atoms with E-state index in [1.54, 1.807) is 0 Å². The molecule has 0 aliphatic heterocycles. The second-order valence-electron chi connectivity index (χ2n) is 2.48. The molecule has 0 rings (SSSR count). The molecule has 0 fully saturated rings. The molecule has 0 aromatic heterocycles. The smallest absolute Gasteiger partial charge is 0.410 e. The van der Waals surface area contributed by atoms with Gasteiger partial charge in [0.1, 0.15) is 0 Å². The second kappa shape index (κ2) is 3.57. The number of halogens is 3. The van der Waals surface area contributed by atoms with Crippen LogP contribution in [0.2, 0.25) is 0 Å². The molecule has 0 saturated heterocycles. The first-order chi connectivity index (χ1) is 5.61. The van der Waals surface area contributed by atoms with Gasteiger partial charge in [0.15, 0.2) is 10.5 Å². The van der Waals surface area contributed by atoms with Crippen LogP contribution in [0.3, 0.4) is 0 Å². The van der Waals surface area contributed by atoms with E-state index in [9.17, 15) is 22.8 Å². The first-order valence-electron chi connectivity index (χ1n) is 3.13. The number of Topliss-reactive ketones (excluding diaryl/α,β-unsaturated/α-hetero) is 1. The summed E-state index contributed by atoms with van der Waals surface area (Å²) in [6, 6.07) is 0. The fraction of sp³-hybridized carbons (Fsp3) is 0.667. The maximum absolute atomic E-state index is 12.2. The lowest BCUT2D eigenvalue weighted by Crippen LogP contribution is -2.47. The van der Waals surface area contributed by atoms with E-state index in [4.69, 9.17) is 5.11 Å². The number of carboxylic acids is 1. The van der Waals surface area contributed by atoms with Gasteiger partial charge in [-0.1, -0.05) is 0 Å². The zero-order valence-electron chi connectivity index (χ0n) is 6.55. The molecule has 3 nitrogen and oxygen atoms in total. The summed E-state index contributed by atoms with van der Waals surface area (Å²) in [4.78, 5) is 20.7. The number of carbonyl (C=O) groups excluding carboxylic acids is 1.